The van der Waals surface area contributed by atoms with Gasteiger partial charge in [-0.25, -0.2) is 9.59 Å². The zero-order chi connectivity index (χ0) is 23.0. The van der Waals surface area contributed by atoms with Crippen LogP contribution in [0.2, 0.25) is 0 Å². The topological polar surface area (TPSA) is 102 Å². The SMILES string of the molecule is COC(=O)C=CC(=O)OC12CCC(=O)C3Oc4c(O)ccc5c4C31CCN(CC1CC1)C2C5. The second kappa shape index (κ2) is 7.06. The van der Waals surface area contributed by atoms with Crippen LogP contribution in [-0.4, -0.2) is 65.7 Å². The number of phenolic OH excluding ortho intramolecular Hbond substituents is 1. The predicted octanol–water partition coefficient (Wildman–Crippen LogP) is 1.81. The zero-order valence-electron chi connectivity index (χ0n) is 18.5. The number of methoxy groups -OCH3 is 1. The lowest BCUT2D eigenvalue weighted by Gasteiger charge is -2.63. The first kappa shape index (κ1) is 20.7. The highest BCUT2D eigenvalue weighted by Gasteiger charge is 2.75. The number of rotatable bonds is 5. The molecule has 5 aliphatic rings. The summed E-state index contributed by atoms with van der Waals surface area (Å²) >= 11 is 0. The van der Waals surface area contributed by atoms with E-state index in [4.69, 9.17) is 9.47 Å². The number of likely N-dealkylation sites (tertiary alicyclic amines) is 1. The first-order valence-corrected chi connectivity index (χ1v) is 11.7. The zero-order valence-corrected chi connectivity index (χ0v) is 18.5. The van der Waals surface area contributed by atoms with Crippen LogP contribution in [0.15, 0.2) is 24.3 Å². The fourth-order valence-electron chi connectivity index (χ4n) is 6.86. The van der Waals surface area contributed by atoms with Crippen molar-refractivity contribution in [2.75, 3.05) is 20.2 Å². The van der Waals surface area contributed by atoms with E-state index in [1.807, 2.05) is 6.07 Å². The number of phenols is 1. The highest BCUT2D eigenvalue weighted by atomic mass is 16.6. The van der Waals surface area contributed by atoms with Crippen LogP contribution in [-0.2, 0) is 35.7 Å². The van der Waals surface area contributed by atoms with E-state index in [1.54, 1.807) is 6.07 Å². The summed E-state index contributed by atoms with van der Waals surface area (Å²) in [4.78, 5) is 40.2. The summed E-state index contributed by atoms with van der Waals surface area (Å²) in [6.07, 6.45) is 5.65. The minimum Gasteiger partial charge on any atom is -0.504 e. The molecule has 6 rings (SSSR count). The lowest BCUT2D eigenvalue weighted by molar-refractivity contribution is -0.212. The van der Waals surface area contributed by atoms with E-state index in [-0.39, 0.29) is 24.0 Å². The largest absolute Gasteiger partial charge is 0.504 e. The van der Waals surface area contributed by atoms with Gasteiger partial charge < -0.3 is 19.3 Å². The molecule has 1 N–H and O–H groups in total. The van der Waals surface area contributed by atoms with E-state index in [0.29, 0.717) is 30.9 Å². The van der Waals surface area contributed by atoms with Crippen molar-refractivity contribution in [3.63, 3.8) is 0 Å². The van der Waals surface area contributed by atoms with Gasteiger partial charge in [-0.15, -0.1) is 0 Å². The molecule has 3 fully saturated rings. The Bertz CT molecular complexity index is 1090. The number of aromatic hydroxyl groups is 1. The predicted molar refractivity (Wildman–Crippen MR) is 115 cm³/mol. The third-order valence-corrected chi connectivity index (χ3v) is 8.36. The molecule has 1 spiro atoms. The van der Waals surface area contributed by atoms with Crippen molar-refractivity contribution in [2.45, 2.75) is 61.7 Å². The van der Waals surface area contributed by atoms with Crippen LogP contribution in [0.4, 0.5) is 0 Å². The van der Waals surface area contributed by atoms with Gasteiger partial charge in [0.15, 0.2) is 23.4 Å². The highest BCUT2D eigenvalue weighted by molar-refractivity contribution is 5.93. The van der Waals surface area contributed by atoms with Gasteiger partial charge in [-0.3, -0.25) is 9.69 Å². The van der Waals surface area contributed by atoms with Crippen molar-refractivity contribution in [1.82, 2.24) is 4.90 Å². The Kier molecular flexibility index (Phi) is 4.43. The number of piperidine rings is 1. The van der Waals surface area contributed by atoms with Gasteiger partial charge in [-0.1, -0.05) is 6.07 Å². The van der Waals surface area contributed by atoms with Crippen LogP contribution >= 0.6 is 0 Å². The summed E-state index contributed by atoms with van der Waals surface area (Å²) in [5.41, 5.74) is 0.0427. The Morgan fingerprint density at radius 3 is 2.79 bits per heavy atom. The van der Waals surface area contributed by atoms with Crippen molar-refractivity contribution in [3.05, 3.63) is 35.4 Å². The molecule has 1 aromatic carbocycles. The molecule has 4 atom stereocenters. The molecular weight excluding hydrogens is 426 g/mol. The maximum Gasteiger partial charge on any atom is 0.331 e. The number of ether oxygens (including phenoxy) is 3. The summed E-state index contributed by atoms with van der Waals surface area (Å²) in [6.45, 7) is 1.72. The number of ketones is 1. The minimum atomic E-state index is -0.984. The summed E-state index contributed by atoms with van der Waals surface area (Å²) in [5, 5.41) is 10.6. The Labute approximate surface area is 191 Å². The third-order valence-electron chi connectivity index (χ3n) is 8.36. The third kappa shape index (κ3) is 2.76. The second-order valence-corrected chi connectivity index (χ2v) is 9.96. The average Bonchev–Trinajstić information content (AvgIpc) is 3.54. The van der Waals surface area contributed by atoms with E-state index in [1.165, 1.54) is 20.0 Å². The van der Waals surface area contributed by atoms with E-state index in [9.17, 15) is 19.5 Å². The molecular formula is C25H27NO7. The number of hydrogen-bond acceptors (Lipinski definition) is 8. The number of esters is 2. The van der Waals surface area contributed by atoms with Gasteiger partial charge in [-0.05, 0) is 56.2 Å². The Morgan fingerprint density at radius 2 is 2.03 bits per heavy atom. The summed E-state index contributed by atoms with van der Waals surface area (Å²) < 4.78 is 17.1. The van der Waals surface area contributed by atoms with Crippen molar-refractivity contribution in [2.24, 2.45) is 5.92 Å². The fourth-order valence-corrected chi connectivity index (χ4v) is 6.86. The maximum absolute atomic E-state index is 13.1. The molecule has 3 aliphatic carbocycles. The number of hydrogen-bond donors (Lipinski definition) is 1. The highest BCUT2D eigenvalue weighted by Crippen LogP contribution is 2.66. The molecule has 0 aromatic heterocycles. The Balaban J connectivity index is 1.50. The molecule has 2 saturated carbocycles. The Morgan fingerprint density at radius 1 is 1.24 bits per heavy atom. The molecule has 33 heavy (non-hydrogen) atoms. The quantitative estimate of drug-likeness (QED) is 0.532. The standard InChI is InChI=1S/C25H27NO7/c1-31-19(29)6-7-20(30)33-25-9-8-17(28)23-24(25)10-11-26(13-14-2-3-14)18(25)12-15-4-5-16(27)22(32-23)21(15)24/h4-7,14,18,23,27H,2-3,8-13H2,1H3. The average molecular weight is 453 g/mol. The first-order valence-electron chi connectivity index (χ1n) is 11.7. The van der Waals surface area contributed by atoms with Gasteiger partial charge in [0.2, 0.25) is 0 Å². The monoisotopic (exact) mass is 453 g/mol. The molecule has 2 aliphatic heterocycles. The molecule has 0 radical (unpaired) electrons. The number of carbonyl (C=O) groups excluding carboxylic acids is 3. The molecule has 2 bridgehead atoms. The van der Waals surface area contributed by atoms with Crippen LogP contribution in [0.1, 0.15) is 43.2 Å². The van der Waals surface area contributed by atoms with Crippen molar-refractivity contribution in [1.29, 1.82) is 0 Å². The molecule has 8 heteroatoms. The van der Waals surface area contributed by atoms with Crippen LogP contribution in [0.5, 0.6) is 11.5 Å². The molecule has 1 aromatic rings. The number of Topliss-reactive ketones (excluding diaryl/α,β-unsaturated/α-hetero) is 1. The van der Waals surface area contributed by atoms with Gasteiger partial charge in [0.1, 0.15) is 5.60 Å². The molecule has 8 nitrogen and oxygen atoms in total. The van der Waals surface area contributed by atoms with Gasteiger partial charge in [0, 0.05) is 30.7 Å². The van der Waals surface area contributed by atoms with Crippen LogP contribution in [0.25, 0.3) is 0 Å². The van der Waals surface area contributed by atoms with Crippen LogP contribution < -0.4 is 4.74 Å². The van der Waals surface area contributed by atoms with Gasteiger partial charge in [-0.2, -0.15) is 0 Å². The van der Waals surface area contributed by atoms with Crippen molar-refractivity contribution >= 4 is 17.7 Å². The number of carbonyl (C=O) groups is 3. The number of benzene rings is 1. The minimum absolute atomic E-state index is 0.00926. The van der Waals surface area contributed by atoms with Crippen LogP contribution in [0, 0.1) is 5.92 Å². The second-order valence-electron chi connectivity index (χ2n) is 9.96. The van der Waals surface area contributed by atoms with Crippen molar-refractivity contribution < 1.29 is 33.7 Å². The molecule has 2 heterocycles. The lowest BCUT2D eigenvalue weighted by atomic mass is 9.48. The maximum atomic E-state index is 13.1. The summed E-state index contributed by atoms with van der Waals surface area (Å²) in [5.74, 6) is -0.279. The van der Waals surface area contributed by atoms with Crippen molar-refractivity contribution in [3.8, 4) is 11.5 Å². The van der Waals surface area contributed by atoms with E-state index in [0.717, 1.165) is 36.4 Å². The number of nitrogens with zero attached hydrogens (tertiary/aromatic N) is 1. The molecule has 4 unspecified atom stereocenters. The van der Waals surface area contributed by atoms with Gasteiger partial charge in [0.05, 0.1) is 18.6 Å². The molecule has 0 amide bonds. The summed E-state index contributed by atoms with van der Waals surface area (Å²) in [7, 11) is 1.25. The van der Waals surface area contributed by atoms with Gasteiger partial charge in [0.25, 0.3) is 0 Å². The van der Waals surface area contributed by atoms with E-state index < -0.39 is 29.1 Å². The van der Waals surface area contributed by atoms with E-state index >= 15 is 0 Å². The molecule has 1 saturated heterocycles. The molecule has 174 valence electrons. The van der Waals surface area contributed by atoms with Gasteiger partial charge >= 0.3 is 11.9 Å². The van der Waals surface area contributed by atoms with Crippen LogP contribution in [0.3, 0.4) is 0 Å². The lowest BCUT2D eigenvalue weighted by Crippen LogP contribution is -2.77. The fraction of sp³-hybridized carbons (Fsp3) is 0.560. The van der Waals surface area contributed by atoms with E-state index in [2.05, 4.69) is 9.64 Å². The smallest absolute Gasteiger partial charge is 0.331 e. The first-order chi connectivity index (χ1) is 15.9. The normalized spacial score (nSPS) is 34.0. The Hall–Kier alpha value is -2.87. The summed E-state index contributed by atoms with van der Waals surface area (Å²) in [6, 6.07) is 3.44.